The van der Waals surface area contributed by atoms with Gasteiger partial charge in [-0.2, -0.15) is 0 Å². The maximum atomic E-state index is 9.00. The molecule has 2 aliphatic heterocycles. The van der Waals surface area contributed by atoms with Gasteiger partial charge in [-0.05, 0) is 29.6 Å². The second kappa shape index (κ2) is 4.74. The molecule has 4 nitrogen and oxygen atoms in total. The Bertz CT molecular complexity index is 259. The van der Waals surface area contributed by atoms with E-state index in [1.54, 1.807) is 11.9 Å². The number of nitrogens with two attached hydrogens (primary N) is 2. The monoisotopic (exact) mass is 197 g/mol. The van der Waals surface area contributed by atoms with Crippen LogP contribution in [0, 0.1) is 0 Å². The third-order valence-corrected chi connectivity index (χ3v) is 2.19. The second-order valence-electron chi connectivity index (χ2n) is 2.47. The summed E-state index contributed by atoms with van der Waals surface area (Å²) < 4.78 is 3.23. The average molecular weight is 197 g/mol. The molecule has 70 valence electrons. The van der Waals surface area contributed by atoms with E-state index >= 15 is 0 Å². The van der Waals surface area contributed by atoms with E-state index in [0.29, 0.717) is 0 Å². The molecule has 13 heavy (non-hydrogen) atoms. The van der Waals surface area contributed by atoms with E-state index in [0.717, 1.165) is 6.54 Å². The summed E-state index contributed by atoms with van der Waals surface area (Å²) in [7, 11) is 0. The van der Waals surface area contributed by atoms with E-state index in [4.69, 9.17) is 4.79 Å². The molecule has 0 radical (unpaired) electrons. The number of hydrogen-bond donors (Lipinski definition) is 3. The van der Waals surface area contributed by atoms with Gasteiger partial charge in [-0.25, -0.2) is 4.79 Å². The largest absolute Gasteiger partial charge is 0.352 e. The van der Waals surface area contributed by atoms with E-state index in [9.17, 15) is 0 Å². The molecule has 0 saturated heterocycles. The number of benzene rings is 1. The predicted molar refractivity (Wildman–Crippen MR) is 52.9 cm³/mol. The summed E-state index contributed by atoms with van der Waals surface area (Å²) >= 11 is 1.70. The van der Waals surface area contributed by atoms with Crippen LogP contribution >= 0.6 is 11.9 Å². The van der Waals surface area contributed by atoms with E-state index in [-0.39, 0.29) is 0 Å². The highest BCUT2D eigenvalue weighted by atomic mass is 32.2. The molecule has 2 amide bonds. The van der Waals surface area contributed by atoms with Crippen molar-refractivity contribution < 1.29 is 4.79 Å². The molecule has 0 aromatic heterocycles. The topological polar surface area (TPSA) is 81.1 Å². The SMILES string of the molecule is NC(N)=O.c1cc2ccc1CNS2. The Morgan fingerprint density at radius 3 is 2.38 bits per heavy atom. The Morgan fingerprint density at radius 2 is 1.85 bits per heavy atom. The first-order valence-electron chi connectivity index (χ1n) is 3.72. The van der Waals surface area contributed by atoms with Crippen LogP contribution < -0.4 is 16.2 Å². The lowest BCUT2D eigenvalue weighted by Gasteiger charge is -1.92. The van der Waals surface area contributed by atoms with E-state index in [1.807, 2.05) is 0 Å². The van der Waals surface area contributed by atoms with Crippen molar-refractivity contribution in [3.63, 3.8) is 0 Å². The maximum Gasteiger partial charge on any atom is 0.309 e. The molecule has 3 rings (SSSR count). The zero-order chi connectivity index (χ0) is 9.68. The normalized spacial score (nSPS) is 12.6. The molecular formula is C8H11N3OS. The molecule has 2 bridgehead atoms. The lowest BCUT2D eigenvalue weighted by molar-refractivity contribution is 0.256. The lowest BCUT2D eigenvalue weighted by atomic mass is 10.2. The molecule has 0 saturated carbocycles. The third-order valence-electron chi connectivity index (χ3n) is 1.39. The molecule has 1 aromatic rings. The number of hydrogen-bond acceptors (Lipinski definition) is 3. The van der Waals surface area contributed by atoms with Gasteiger partial charge in [0.15, 0.2) is 0 Å². The van der Waals surface area contributed by atoms with Crippen LogP contribution in [-0.2, 0) is 6.54 Å². The molecule has 0 fully saturated rings. The van der Waals surface area contributed by atoms with Crippen molar-refractivity contribution in [2.24, 2.45) is 11.5 Å². The van der Waals surface area contributed by atoms with Crippen molar-refractivity contribution in [1.29, 1.82) is 0 Å². The van der Waals surface area contributed by atoms with E-state index in [2.05, 4.69) is 40.5 Å². The lowest BCUT2D eigenvalue weighted by Crippen LogP contribution is -2.18. The number of carbonyl (C=O) groups excluding carboxylic acids is 1. The Hall–Kier alpha value is -1.20. The van der Waals surface area contributed by atoms with Crippen LogP contribution in [0.2, 0.25) is 0 Å². The minimum Gasteiger partial charge on any atom is -0.352 e. The zero-order valence-corrected chi connectivity index (χ0v) is 7.80. The van der Waals surface area contributed by atoms with Crippen molar-refractivity contribution in [2.75, 3.05) is 0 Å². The molecule has 5 N–H and O–H groups in total. The molecule has 0 atom stereocenters. The van der Waals surface area contributed by atoms with Crippen molar-refractivity contribution in [3.8, 4) is 0 Å². The van der Waals surface area contributed by atoms with Gasteiger partial charge < -0.3 is 11.5 Å². The van der Waals surface area contributed by atoms with Gasteiger partial charge in [-0.15, -0.1) is 0 Å². The van der Waals surface area contributed by atoms with Crippen LogP contribution in [0.15, 0.2) is 29.2 Å². The van der Waals surface area contributed by atoms with Crippen LogP contribution in [0.1, 0.15) is 5.56 Å². The molecule has 0 unspecified atom stereocenters. The number of nitrogens with one attached hydrogen (secondary N) is 1. The Balaban J connectivity index is 0.000000184. The van der Waals surface area contributed by atoms with Crippen molar-refractivity contribution in [3.05, 3.63) is 29.8 Å². The summed E-state index contributed by atoms with van der Waals surface area (Å²) in [4.78, 5) is 10.3. The predicted octanol–water partition coefficient (Wildman–Crippen LogP) is 0.821. The van der Waals surface area contributed by atoms with Crippen LogP contribution in [0.25, 0.3) is 0 Å². The van der Waals surface area contributed by atoms with Crippen LogP contribution in [0.3, 0.4) is 0 Å². The molecule has 0 spiro atoms. The standard InChI is InChI=1S/C7H7NS.CH4N2O/c1-3-7-4-2-6(1)5-8-9-7;2-1(3)4/h1-4,8H,5H2;(H4,2,3,4). The molecule has 2 heterocycles. The van der Waals surface area contributed by atoms with Gasteiger partial charge in [0, 0.05) is 11.4 Å². The third kappa shape index (κ3) is 3.82. The van der Waals surface area contributed by atoms with Gasteiger partial charge in [-0.1, -0.05) is 12.1 Å². The molecular weight excluding hydrogens is 186 g/mol. The highest BCUT2D eigenvalue weighted by Gasteiger charge is 1.99. The van der Waals surface area contributed by atoms with Crippen molar-refractivity contribution in [1.82, 2.24) is 4.72 Å². The summed E-state index contributed by atoms with van der Waals surface area (Å²) in [6.45, 7) is 0.987. The number of carbonyl (C=O) groups is 1. The molecule has 2 aliphatic rings. The summed E-state index contributed by atoms with van der Waals surface area (Å²) in [5.41, 5.74) is 9.86. The van der Waals surface area contributed by atoms with Gasteiger partial charge in [0.05, 0.1) is 0 Å². The second-order valence-corrected chi connectivity index (χ2v) is 3.43. The number of fused-ring (bicyclic) bond motifs is 4. The smallest absolute Gasteiger partial charge is 0.309 e. The van der Waals surface area contributed by atoms with Crippen molar-refractivity contribution in [2.45, 2.75) is 11.4 Å². The van der Waals surface area contributed by atoms with Gasteiger partial charge in [0.1, 0.15) is 0 Å². The molecule has 5 heteroatoms. The Kier molecular flexibility index (Phi) is 3.60. The van der Waals surface area contributed by atoms with Gasteiger partial charge >= 0.3 is 6.03 Å². The first-order valence-corrected chi connectivity index (χ1v) is 4.53. The quantitative estimate of drug-likeness (QED) is 0.538. The first-order chi connectivity index (χ1) is 6.18. The fraction of sp³-hybridized carbons (Fsp3) is 0.125. The van der Waals surface area contributed by atoms with E-state index < -0.39 is 6.03 Å². The highest BCUT2D eigenvalue weighted by Crippen LogP contribution is 2.19. The Morgan fingerprint density at radius 1 is 1.31 bits per heavy atom. The highest BCUT2D eigenvalue weighted by molar-refractivity contribution is 7.97. The molecule has 1 aromatic carbocycles. The minimum atomic E-state index is -0.833. The number of amides is 2. The number of primary amides is 2. The number of rotatable bonds is 0. The van der Waals surface area contributed by atoms with Crippen LogP contribution in [-0.4, -0.2) is 6.03 Å². The van der Waals surface area contributed by atoms with Gasteiger partial charge in [0.25, 0.3) is 0 Å². The van der Waals surface area contributed by atoms with Crippen LogP contribution in [0.4, 0.5) is 4.79 Å². The zero-order valence-electron chi connectivity index (χ0n) is 6.99. The minimum absolute atomic E-state index is 0.833. The van der Waals surface area contributed by atoms with Crippen LogP contribution in [0.5, 0.6) is 0 Å². The fourth-order valence-electron chi connectivity index (χ4n) is 0.878. The summed E-state index contributed by atoms with van der Waals surface area (Å²) in [6, 6.07) is 7.75. The summed E-state index contributed by atoms with van der Waals surface area (Å²) in [6.07, 6.45) is 0. The van der Waals surface area contributed by atoms with E-state index in [1.165, 1.54) is 10.5 Å². The van der Waals surface area contributed by atoms with Crippen molar-refractivity contribution >= 4 is 18.0 Å². The molecule has 0 aliphatic carbocycles. The average Bonchev–Trinajstić information content (AvgIpc) is 2.38. The number of urea groups is 1. The van der Waals surface area contributed by atoms with Gasteiger partial charge in [-0.3, -0.25) is 4.72 Å². The summed E-state index contributed by atoms with van der Waals surface area (Å²) in [5, 5.41) is 0. The first kappa shape index (κ1) is 9.88. The van der Waals surface area contributed by atoms with Gasteiger partial charge in [0.2, 0.25) is 0 Å². The summed E-state index contributed by atoms with van der Waals surface area (Å²) in [5.74, 6) is 0. The maximum absolute atomic E-state index is 9.00. The fourth-order valence-corrected chi connectivity index (χ4v) is 1.56. The Labute approximate surface area is 80.8 Å².